The SMILES string of the molecule is C[N+](C)(C)I.O=S. The van der Waals surface area contributed by atoms with Crippen LogP contribution in [0, 0.1) is 0 Å². The van der Waals surface area contributed by atoms with Crippen molar-refractivity contribution in [1.29, 1.82) is 0 Å². The fourth-order valence-corrected chi connectivity index (χ4v) is 0. The molecule has 0 bridgehead atoms. The van der Waals surface area contributed by atoms with Crippen LogP contribution in [-0.4, -0.2) is 28.0 Å². The quantitative estimate of drug-likeness (QED) is 0.453. The topological polar surface area (TPSA) is 17.1 Å². The van der Waals surface area contributed by atoms with E-state index in [2.05, 4.69) is 56.5 Å². The van der Waals surface area contributed by atoms with Gasteiger partial charge in [-0.1, -0.05) is 0 Å². The van der Waals surface area contributed by atoms with Crippen molar-refractivity contribution in [2.75, 3.05) is 21.1 Å². The van der Waals surface area contributed by atoms with Gasteiger partial charge >= 0.3 is 0 Å². The van der Waals surface area contributed by atoms with E-state index in [-0.39, 0.29) is 0 Å². The maximum atomic E-state index is 7.83. The Hall–Kier alpha value is 0.710. The van der Waals surface area contributed by atoms with Crippen LogP contribution >= 0.6 is 22.9 Å². The van der Waals surface area contributed by atoms with Crippen molar-refractivity contribution in [1.82, 2.24) is 0 Å². The first kappa shape index (κ1) is 10.6. The zero-order valence-corrected chi connectivity index (χ0v) is 7.62. The average molecular weight is 234 g/mol. The molecular weight excluding hydrogens is 225 g/mol. The van der Waals surface area contributed by atoms with Crippen molar-refractivity contribution >= 4 is 35.4 Å². The molecule has 0 saturated heterocycles. The lowest BCUT2D eigenvalue weighted by Gasteiger charge is -2.09. The third-order valence-corrected chi connectivity index (χ3v) is 0. The molecule has 0 atom stereocenters. The fourth-order valence-electron chi connectivity index (χ4n) is 0. The molecule has 0 radical (unpaired) electrons. The normalized spacial score (nSPS) is 9.14. The number of quaternary nitrogens is 1. The van der Waals surface area contributed by atoms with E-state index in [9.17, 15) is 0 Å². The first-order valence-electron chi connectivity index (χ1n) is 1.68. The van der Waals surface area contributed by atoms with Crippen LogP contribution in [-0.2, 0) is 12.5 Å². The van der Waals surface area contributed by atoms with Crippen LogP contribution in [0.1, 0.15) is 0 Å². The van der Waals surface area contributed by atoms with E-state index in [0.29, 0.717) is 0 Å². The largest absolute Gasteiger partial charge is 0.275 e. The first-order valence-corrected chi connectivity index (χ1v) is 2.98. The summed E-state index contributed by atoms with van der Waals surface area (Å²) in [5.41, 5.74) is 0. The van der Waals surface area contributed by atoms with Gasteiger partial charge in [0.1, 0.15) is 0 Å². The summed E-state index contributed by atoms with van der Waals surface area (Å²) in [6.07, 6.45) is 0. The summed E-state index contributed by atoms with van der Waals surface area (Å²) in [4.78, 5) is 0. The van der Waals surface area contributed by atoms with Crippen LogP contribution in [0.4, 0.5) is 0 Å². The summed E-state index contributed by atoms with van der Waals surface area (Å²) in [5, 5.41) is 0. The second-order valence-corrected chi connectivity index (χ2v) is 4.74. The Morgan fingerprint density at radius 3 is 1.29 bits per heavy atom. The molecule has 0 unspecified atom stereocenters. The van der Waals surface area contributed by atoms with E-state index >= 15 is 0 Å². The van der Waals surface area contributed by atoms with Crippen LogP contribution in [0.5, 0.6) is 0 Å². The molecule has 0 aliphatic rings. The van der Waals surface area contributed by atoms with Crippen molar-refractivity contribution in [3.63, 3.8) is 0 Å². The molecule has 0 aliphatic carbocycles. The van der Waals surface area contributed by atoms with Gasteiger partial charge in [-0.05, 0) is 0 Å². The molecule has 0 fully saturated rings. The van der Waals surface area contributed by atoms with Gasteiger partial charge < -0.3 is 0 Å². The lowest BCUT2D eigenvalue weighted by atomic mass is 11.0. The third kappa shape index (κ3) is 295. The number of hydrogen-bond acceptors (Lipinski definition) is 2. The van der Waals surface area contributed by atoms with Gasteiger partial charge in [-0.15, -0.1) is 0 Å². The Kier molecular flexibility index (Phi) is 7.39. The van der Waals surface area contributed by atoms with Crippen LogP contribution in [0.25, 0.3) is 0 Å². The average Bonchev–Trinajstić information content (AvgIpc) is 1.36. The summed E-state index contributed by atoms with van der Waals surface area (Å²) in [6, 6.07) is 0. The van der Waals surface area contributed by atoms with E-state index in [4.69, 9.17) is 4.21 Å². The lowest BCUT2D eigenvalue weighted by Crippen LogP contribution is -2.18. The van der Waals surface area contributed by atoms with Crippen molar-refractivity contribution in [3.8, 4) is 0 Å². The zero-order valence-electron chi connectivity index (χ0n) is 4.64. The van der Waals surface area contributed by atoms with Crippen LogP contribution in [0.2, 0.25) is 0 Å². The third-order valence-electron chi connectivity index (χ3n) is 0. The summed E-state index contributed by atoms with van der Waals surface area (Å²) in [6.45, 7) is 0. The number of nitrogens with zero attached hydrogens (tertiary/aromatic N) is 1. The van der Waals surface area contributed by atoms with Crippen LogP contribution in [0.3, 0.4) is 0 Å². The predicted molar refractivity (Wildman–Crippen MR) is 40.2 cm³/mol. The molecule has 0 aromatic rings. The lowest BCUT2D eigenvalue weighted by molar-refractivity contribution is -0.681. The fraction of sp³-hybridized carbons (Fsp3) is 1.00. The highest BCUT2D eigenvalue weighted by atomic mass is 127. The number of hydrogen-bond donors (Lipinski definition) is 0. The molecule has 2 nitrogen and oxygen atoms in total. The minimum atomic E-state index is 0.970. The Bertz CT molecular complexity index is 38.7. The molecule has 7 heavy (non-hydrogen) atoms. The van der Waals surface area contributed by atoms with Crippen molar-refractivity contribution in [2.45, 2.75) is 0 Å². The zero-order chi connectivity index (χ0) is 6.50. The van der Waals surface area contributed by atoms with Gasteiger partial charge in [0.05, 0.1) is 21.1 Å². The van der Waals surface area contributed by atoms with Crippen molar-refractivity contribution in [2.24, 2.45) is 0 Å². The van der Waals surface area contributed by atoms with Crippen molar-refractivity contribution < 1.29 is 6.91 Å². The van der Waals surface area contributed by atoms with E-state index in [1.165, 1.54) is 0 Å². The van der Waals surface area contributed by atoms with E-state index in [1.807, 2.05) is 0 Å². The minimum Gasteiger partial charge on any atom is -0.275 e. The highest BCUT2D eigenvalue weighted by molar-refractivity contribution is 14.1. The molecule has 0 amide bonds. The summed E-state index contributed by atoms with van der Waals surface area (Å²) in [7, 11) is 6.34. The van der Waals surface area contributed by atoms with Crippen LogP contribution < -0.4 is 0 Å². The number of halogens is 1. The first-order chi connectivity index (χ1) is 3.00. The van der Waals surface area contributed by atoms with E-state index < -0.39 is 0 Å². The van der Waals surface area contributed by atoms with Gasteiger partial charge in [-0.25, -0.2) is 0 Å². The molecule has 0 aromatic heterocycles. The van der Waals surface area contributed by atoms with Gasteiger partial charge in [0, 0.05) is 0 Å². The molecule has 0 aliphatic heterocycles. The van der Waals surface area contributed by atoms with Gasteiger partial charge in [-0.2, -0.15) is 4.21 Å². The Labute approximate surface area is 63.5 Å². The minimum absolute atomic E-state index is 0.970. The molecule has 0 N–H and O–H groups in total. The maximum absolute atomic E-state index is 7.83. The van der Waals surface area contributed by atoms with Gasteiger partial charge in [-0.3, -0.25) is 2.70 Å². The molecule has 4 heteroatoms. The Morgan fingerprint density at radius 2 is 1.29 bits per heavy atom. The second kappa shape index (κ2) is 4.86. The Morgan fingerprint density at radius 1 is 1.29 bits per heavy atom. The summed E-state index contributed by atoms with van der Waals surface area (Å²) in [5.74, 6) is 0. The molecule has 0 spiro atoms. The molecule has 0 aromatic carbocycles. The summed E-state index contributed by atoms with van der Waals surface area (Å²) >= 11 is 5.15. The monoisotopic (exact) mass is 234 g/mol. The van der Waals surface area contributed by atoms with Gasteiger partial charge in [0.25, 0.3) is 0 Å². The Balaban J connectivity index is 0. The molecule has 0 rings (SSSR count). The highest BCUT2D eigenvalue weighted by Crippen LogP contribution is 1.97. The van der Waals surface area contributed by atoms with Crippen molar-refractivity contribution in [3.05, 3.63) is 0 Å². The number of rotatable bonds is 0. The summed E-state index contributed by atoms with van der Waals surface area (Å²) < 4.78 is 8.80. The standard InChI is InChI=1S/C3H9IN.OS/c1-5(2,3)4;1-2/h1-3H3;/q+1;. The highest BCUT2D eigenvalue weighted by Gasteiger charge is 1.93. The van der Waals surface area contributed by atoms with Gasteiger partial charge in [0.15, 0.2) is 12.5 Å². The van der Waals surface area contributed by atoms with Crippen LogP contribution in [0.15, 0.2) is 0 Å². The molecule has 0 saturated carbocycles. The molecule has 44 valence electrons. The predicted octanol–water partition coefficient (Wildman–Crippen LogP) is 0.706. The maximum Gasteiger partial charge on any atom is 0.247 e. The smallest absolute Gasteiger partial charge is 0.247 e. The van der Waals surface area contributed by atoms with E-state index in [0.717, 1.165) is 2.70 Å². The molecular formula is C3H9INOS+. The second-order valence-electron chi connectivity index (χ2n) is 1.85. The molecule has 0 heterocycles. The van der Waals surface area contributed by atoms with E-state index in [1.54, 1.807) is 0 Å². The van der Waals surface area contributed by atoms with Gasteiger partial charge in [0.2, 0.25) is 22.9 Å².